The first kappa shape index (κ1) is 16.9. The van der Waals surface area contributed by atoms with E-state index in [9.17, 15) is 14.4 Å². The molecule has 8 heteroatoms. The fraction of sp³-hybridized carbons (Fsp3) is 0.211. The molecular weight excluding hydrogens is 348 g/mol. The number of nitrogens with zero attached hydrogens (tertiary/aromatic N) is 2. The number of oxazole rings is 1. The third-order valence-electron chi connectivity index (χ3n) is 4.55. The molecule has 0 unspecified atom stereocenters. The van der Waals surface area contributed by atoms with E-state index in [1.807, 2.05) is 30.3 Å². The normalized spacial score (nSPS) is 14.4. The molecule has 0 bridgehead atoms. The van der Waals surface area contributed by atoms with Crippen molar-refractivity contribution < 1.29 is 14.0 Å². The molecule has 4 rings (SSSR count). The number of carbonyl (C=O) groups is 2. The van der Waals surface area contributed by atoms with Crippen molar-refractivity contribution in [3.8, 4) is 0 Å². The summed E-state index contributed by atoms with van der Waals surface area (Å²) in [4.78, 5) is 42.2. The molecule has 0 aliphatic carbocycles. The number of carbonyl (C=O) groups excluding carboxylic acids is 2. The fourth-order valence-corrected chi connectivity index (χ4v) is 3.10. The van der Waals surface area contributed by atoms with Crippen LogP contribution in [0.5, 0.6) is 0 Å². The number of amides is 3. The Morgan fingerprint density at radius 1 is 0.963 bits per heavy atom. The minimum absolute atomic E-state index is 0.137. The molecule has 0 saturated carbocycles. The number of benzene rings is 2. The lowest BCUT2D eigenvalue weighted by Crippen LogP contribution is -2.51. The Hall–Kier alpha value is -3.55. The number of hydrogen-bond donors (Lipinski definition) is 2. The smallest absolute Gasteiger partial charge is 0.408 e. The van der Waals surface area contributed by atoms with Crippen LogP contribution < -0.4 is 11.1 Å². The van der Waals surface area contributed by atoms with Crippen LogP contribution in [-0.4, -0.2) is 52.9 Å². The maximum atomic E-state index is 12.7. The van der Waals surface area contributed by atoms with Gasteiger partial charge in [0.1, 0.15) is 0 Å². The highest BCUT2D eigenvalue weighted by atomic mass is 16.4. The molecule has 1 fully saturated rings. The predicted octanol–water partition coefficient (Wildman–Crippen LogP) is 2.11. The van der Waals surface area contributed by atoms with Crippen molar-refractivity contribution in [3.05, 3.63) is 64.6 Å². The number of hydrogen-bond acceptors (Lipinski definition) is 4. The summed E-state index contributed by atoms with van der Waals surface area (Å²) in [7, 11) is 0. The van der Waals surface area contributed by atoms with Gasteiger partial charge in [-0.1, -0.05) is 18.2 Å². The molecule has 0 radical (unpaired) electrons. The molecule has 1 saturated heterocycles. The summed E-state index contributed by atoms with van der Waals surface area (Å²) in [5, 5.41) is 2.85. The summed E-state index contributed by atoms with van der Waals surface area (Å²) < 4.78 is 4.95. The van der Waals surface area contributed by atoms with Crippen LogP contribution in [0.25, 0.3) is 11.1 Å². The Balaban J connectivity index is 1.38. The maximum absolute atomic E-state index is 12.7. The van der Waals surface area contributed by atoms with E-state index in [4.69, 9.17) is 4.42 Å². The zero-order chi connectivity index (χ0) is 18.8. The van der Waals surface area contributed by atoms with Gasteiger partial charge in [0.2, 0.25) is 0 Å². The number of fused-ring (bicyclic) bond motifs is 1. The lowest BCUT2D eigenvalue weighted by Gasteiger charge is -2.34. The molecule has 3 aromatic rings. The monoisotopic (exact) mass is 366 g/mol. The van der Waals surface area contributed by atoms with Gasteiger partial charge in [-0.2, -0.15) is 0 Å². The van der Waals surface area contributed by atoms with Crippen LogP contribution >= 0.6 is 0 Å². The number of rotatable bonds is 2. The minimum Gasteiger partial charge on any atom is -0.408 e. The van der Waals surface area contributed by atoms with Crippen LogP contribution in [0.1, 0.15) is 10.4 Å². The molecule has 2 aromatic carbocycles. The van der Waals surface area contributed by atoms with Gasteiger partial charge in [-0.3, -0.25) is 9.78 Å². The number of nitrogens with one attached hydrogen (secondary N) is 2. The third kappa shape index (κ3) is 3.55. The average Bonchev–Trinajstić information content (AvgIpc) is 3.07. The van der Waals surface area contributed by atoms with Crippen molar-refractivity contribution in [2.45, 2.75) is 0 Å². The molecular formula is C19H18N4O4. The number of para-hydroxylation sites is 1. The lowest BCUT2D eigenvalue weighted by atomic mass is 10.1. The number of urea groups is 1. The molecule has 8 nitrogen and oxygen atoms in total. The number of piperazine rings is 1. The van der Waals surface area contributed by atoms with Crippen molar-refractivity contribution in [3.63, 3.8) is 0 Å². The Bertz CT molecular complexity index is 1030. The summed E-state index contributed by atoms with van der Waals surface area (Å²) in [5.41, 5.74) is 2.12. The lowest BCUT2D eigenvalue weighted by molar-refractivity contribution is 0.0672. The molecule has 138 valence electrons. The zero-order valence-electron chi connectivity index (χ0n) is 14.5. The van der Waals surface area contributed by atoms with Gasteiger partial charge >= 0.3 is 11.8 Å². The van der Waals surface area contributed by atoms with Crippen molar-refractivity contribution in [1.82, 2.24) is 14.8 Å². The van der Waals surface area contributed by atoms with E-state index in [0.29, 0.717) is 42.8 Å². The SMILES string of the molecule is O=C(Nc1ccccc1)N1CCN(C(=O)c2ccc3oc(=O)[nH]c3c2)CC1. The first-order chi connectivity index (χ1) is 13.1. The van der Waals surface area contributed by atoms with Crippen molar-refractivity contribution >= 4 is 28.7 Å². The summed E-state index contributed by atoms with van der Waals surface area (Å²) in [5.74, 6) is -0.685. The maximum Gasteiger partial charge on any atom is 0.417 e. The predicted molar refractivity (Wildman–Crippen MR) is 99.8 cm³/mol. The van der Waals surface area contributed by atoms with Crippen molar-refractivity contribution in [2.75, 3.05) is 31.5 Å². The second kappa shape index (κ2) is 6.99. The second-order valence-electron chi connectivity index (χ2n) is 6.30. The van der Waals surface area contributed by atoms with Gasteiger partial charge in [0, 0.05) is 37.4 Å². The van der Waals surface area contributed by atoms with Crippen molar-refractivity contribution in [2.24, 2.45) is 0 Å². The highest BCUT2D eigenvalue weighted by Gasteiger charge is 2.25. The van der Waals surface area contributed by atoms with Crippen LogP contribution in [0.15, 0.2) is 57.7 Å². The van der Waals surface area contributed by atoms with E-state index < -0.39 is 5.76 Å². The Labute approximate surface area is 154 Å². The number of aromatic nitrogens is 1. The van der Waals surface area contributed by atoms with Gasteiger partial charge in [-0.15, -0.1) is 0 Å². The van der Waals surface area contributed by atoms with Gasteiger partial charge in [0.05, 0.1) is 5.52 Å². The van der Waals surface area contributed by atoms with E-state index in [-0.39, 0.29) is 11.9 Å². The summed E-state index contributed by atoms with van der Waals surface area (Å²) in [6.45, 7) is 1.80. The summed E-state index contributed by atoms with van der Waals surface area (Å²) in [6, 6.07) is 13.9. The van der Waals surface area contributed by atoms with E-state index in [0.717, 1.165) is 5.69 Å². The van der Waals surface area contributed by atoms with Gasteiger partial charge < -0.3 is 19.5 Å². The van der Waals surface area contributed by atoms with Gasteiger partial charge in [0.15, 0.2) is 5.58 Å². The van der Waals surface area contributed by atoms with E-state index in [2.05, 4.69) is 10.3 Å². The zero-order valence-corrected chi connectivity index (χ0v) is 14.5. The van der Waals surface area contributed by atoms with E-state index >= 15 is 0 Å². The van der Waals surface area contributed by atoms with Crippen LogP contribution in [0.3, 0.4) is 0 Å². The largest absolute Gasteiger partial charge is 0.417 e. The van der Waals surface area contributed by atoms with E-state index in [1.54, 1.807) is 28.0 Å². The summed E-state index contributed by atoms with van der Waals surface area (Å²) >= 11 is 0. The van der Waals surface area contributed by atoms with Crippen LogP contribution in [-0.2, 0) is 0 Å². The molecule has 0 atom stereocenters. The molecule has 1 aliphatic heterocycles. The van der Waals surface area contributed by atoms with Gasteiger partial charge in [0.25, 0.3) is 5.91 Å². The van der Waals surface area contributed by atoms with Gasteiger partial charge in [-0.25, -0.2) is 9.59 Å². The molecule has 0 spiro atoms. The highest BCUT2D eigenvalue weighted by molar-refractivity contribution is 5.97. The first-order valence-corrected chi connectivity index (χ1v) is 8.63. The Morgan fingerprint density at radius 2 is 1.67 bits per heavy atom. The van der Waals surface area contributed by atoms with Gasteiger partial charge in [-0.05, 0) is 30.3 Å². The Kier molecular flexibility index (Phi) is 4.37. The standard InChI is InChI=1S/C19H18N4O4/c24-17(13-6-7-16-15(12-13)21-19(26)27-16)22-8-10-23(11-9-22)18(25)20-14-4-2-1-3-5-14/h1-7,12H,8-11H2,(H,20,25)(H,21,26). The molecule has 2 N–H and O–H groups in total. The Morgan fingerprint density at radius 3 is 2.41 bits per heavy atom. The number of anilines is 1. The van der Waals surface area contributed by atoms with Crippen LogP contribution in [0.4, 0.5) is 10.5 Å². The quantitative estimate of drug-likeness (QED) is 0.726. The van der Waals surface area contributed by atoms with Crippen LogP contribution in [0, 0.1) is 0 Å². The molecule has 1 aliphatic rings. The highest BCUT2D eigenvalue weighted by Crippen LogP contribution is 2.16. The number of aromatic amines is 1. The molecule has 3 amide bonds. The number of H-pyrrole nitrogens is 1. The van der Waals surface area contributed by atoms with E-state index in [1.165, 1.54) is 0 Å². The fourth-order valence-electron chi connectivity index (χ4n) is 3.10. The van der Waals surface area contributed by atoms with Crippen LogP contribution in [0.2, 0.25) is 0 Å². The van der Waals surface area contributed by atoms with Crippen molar-refractivity contribution in [1.29, 1.82) is 0 Å². The molecule has 2 heterocycles. The third-order valence-corrected chi connectivity index (χ3v) is 4.55. The second-order valence-corrected chi connectivity index (χ2v) is 6.30. The molecule has 1 aromatic heterocycles. The minimum atomic E-state index is -0.548. The first-order valence-electron chi connectivity index (χ1n) is 8.63. The topological polar surface area (TPSA) is 98.7 Å². The summed E-state index contributed by atoms with van der Waals surface area (Å²) in [6.07, 6.45) is 0. The molecule has 27 heavy (non-hydrogen) atoms. The average molecular weight is 366 g/mol.